The van der Waals surface area contributed by atoms with Gasteiger partial charge < -0.3 is 9.84 Å². The molecule has 0 saturated carbocycles. The third-order valence-corrected chi connectivity index (χ3v) is 3.03. The summed E-state index contributed by atoms with van der Waals surface area (Å²) in [5, 5.41) is 10.2. The van der Waals surface area contributed by atoms with Crippen molar-refractivity contribution in [2.24, 2.45) is 0 Å². The number of ether oxygens (including phenoxy) is 1. The molecule has 3 nitrogen and oxygen atoms in total. The first-order valence-electron chi connectivity index (χ1n) is 5.47. The number of ketones is 1. The lowest BCUT2D eigenvalue weighted by Gasteiger charge is -2.14. The Labute approximate surface area is 120 Å². The zero-order valence-corrected chi connectivity index (χ0v) is 11.2. The monoisotopic (exact) mass is 296 g/mol. The molecule has 98 valence electrons. The van der Waals surface area contributed by atoms with Crippen molar-refractivity contribution in [1.82, 2.24) is 0 Å². The number of Topliss-reactive ketones (excluding diaryl/α,β-unsaturated/α-hetero) is 1. The number of hydrogen-bond donors (Lipinski definition) is 1. The van der Waals surface area contributed by atoms with Crippen LogP contribution in [0, 0.1) is 0 Å². The molecule has 0 spiro atoms. The highest BCUT2D eigenvalue weighted by Crippen LogP contribution is 2.33. The van der Waals surface area contributed by atoms with Crippen molar-refractivity contribution in [2.75, 3.05) is 0 Å². The van der Waals surface area contributed by atoms with Gasteiger partial charge in [-0.25, -0.2) is 0 Å². The van der Waals surface area contributed by atoms with E-state index in [1.54, 1.807) is 48.5 Å². The van der Waals surface area contributed by atoms with Gasteiger partial charge in [-0.05, 0) is 12.1 Å². The lowest BCUT2D eigenvalue weighted by molar-refractivity contribution is -0.00283. The summed E-state index contributed by atoms with van der Waals surface area (Å²) in [6.45, 7) is 0. The van der Waals surface area contributed by atoms with E-state index in [1.165, 1.54) is 0 Å². The second-order valence-corrected chi connectivity index (χ2v) is 4.57. The van der Waals surface area contributed by atoms with Crippen LogP contribution in [0.5, 0.6) is 5.75 Å². The summed E-state index contributed by atoms with van der Waals surface area (Å²) < 4.78 is 5.13. The Hall–Kier alpha value is -1.55. The second-order valence-electron chi connectivity index (χ2n) is 3.75. The van der Waals surface area contributed by atoms with Crippen molar-refractivity contribution in [3.63, 3.8) is 0 Å². The first kappa shape index (κ1) is 13.9. The quantitative estimate of drug-likeness (QED) is 0.693. The molecule has 2 aromatic carbocycles. The van der Waals surface area contributed by atoms with Crippen LogP contribution in [0.1, 0.15) is 10.4 Å². The predicted octanol–water partition coefficient (Wildman–Crippen LogP) is 3.57. The van der Waals surface area contributed by atoms with Crippen molar-refractivity contribution >= 4 is 29.0 Å². The minimum Gasteiger partial charge on any atom is -0.454 e. The van der Waals surface area contributed by atoms with Gasteiger partial charge in [-0.2, -0.15) is 0 Å². The third kappa shape index (κ3) is 3.26. The molecule has 0 heterocycles. The lowest BCUT2D eigenvalue weighted by Crippen LogP contribution is -2.27. The van der Waals surface area contributed by atoms with Crippen molar-refractivity contribution in [2.45, 2.75) is 6.29 Å². The molecule has 0 amide bonds. The molecule has 2 aromatic rings. The molecule has 0 saturated heterocycles. The molecule has 0 aliphatic carbocycles. The molecule has 1 N–H and O–H groups in total. The van der Waals surface area contributed by atoms with E-state index in [9.17, 15) is 9.90 Å². The number of halogens is 2. The maximum Gasteiger partial charge on any atom is 0.262 e. The molecular formula is C14H10Cl2O3. The third-order valence-electron chi connectivity index (χ3n) is 2.43. The van der Waals surface area contributed by atoms with Crippen molar-refractivity contribution < 1.29 is 14.6 Å². The van der Waals surface area contributed by atoms with Gasteiger partial charge in [-0.15, -0.1) is 0 Å². The second kappa shape index (κ2) is 6.06. The van der Waals surface area contributed by atoms with E-state index in [1.807, 2.05) is 0 Å². The molecule has 1 atom stereocenters. The van der Waals surface area contributed by atoms with Crippen molar-refractivity contribution in [3.05, 3.63) is 64.1 Å². The summed E-state index contributed by atoms with van der Waals surface area (Å²) in [6.07, 6.45) is -1.65. The number of rotatable bonds is 4. The Morgan fingerprint density at radius 1 is 1.00 bits per heavy atom. The van der Waals surface area contributed by atoms with E-state index in [2.05, 4.69) is 0 Å². The van der Waals surface area contributed by atoms with Crippen LogP contribution in [0.25, 0.3) is 0 Å². The van der Waals surface area contributed by atoms with Crippen LogP contribution in [-0.4, -0.2) is 17.2 Å². The number of aliphatic hydroxyl groups excluding tert-OH is 1. The highest BCUT2D eigenvalue weighted by atomic mass is 35.5. The summed E-state index contributed by atoms with van der Waals surface area (Å²) in [7, 11) is 0. The van der Waals surface area contributed by atoms with Gasteiger partial charge in [0.25, 0.3) is 6.29 Å². The largest absolute Gasteiger partial charge is 0.454 e. The van der Waals surface area contributed by atoms with E-state index in [-0.39, 0.29) is 15.8 Å². The van der Waals surface area contributed by atoms with Gasteiger partial charge in [0.2, 0.25) is 5.78 Å². The van der Waals surface area contributed by atoms with Crippen LogP contribution in [0.15, 0.2) is 48.5 Å². The molecule has 5 heteroatoms. The van der Waals surface area contributed by atoms with Gasteiger partial charge in [0.15, 0.2) is 5.75 Å². The number of hydrogen-bond acceptors (Lipinski definition) is 3. The Morgan fingerprint density at radius 2 is 1.58 bits per heavy atom. The molecule has 0 aliphatic rings. The molecular weight excluding hydrogens is 287 g/mol. The predicted molar refractivity (Wildman–Crippen MR) is 73.9 cm³/mol. The van der Waals surface area contributed by atoms with Gasteiger partial charge in [0.05, 0.1) is 10.0 Å². The SMILES string of the molecule is O=C(c1ccccc1)C(O)Oc1c(Cl)cccc1Cl. The maximum absolute atomic E-state index is 11.9. The number of benzene rings is 2. The maximum atomic E-state index is 11.9. The van der Waals surface area contributed by atoms with Gasteiger partial charge in [0.1, 0.15) is 0 Å². The first-order chi connectivity index (χ1) is 9.09. The summed E-state index contributed by atoms with van der Waals surface area (Å²) in [5.74, 6) is -0.473. The minimum absolute atomic E-state index is 0.0858. The molecule has 0 aliphatic heterocycles. The molecule has 0 bridgehead atoms. The fourth-order valence-corrected chi connectivity index (χ4v) is 1.99. The number of para-hydroxylation sites is 1. The average molecular weight is 297 g/mol. The summed E-state index contributed by atoms with van der Waals surface area (Å²) in [6, 6.07) is 13.1. The van der Waals surface area contributed by atoms with Crippen molar-refractivity contribution in [3.8, 4) is 5.75 Å². The van der Waals surface area contributed by atoms with Gasteiger partial charge in [-0.1, -0.05) is 59.6 Å². The number of aliphatic hydroxyl groups is 1. The summed E-state index contributed by atoms with van der Waals surface area (Å²) in [5.41, 5.74) is 0.346. The lowest BCUT2D eigenvalue weighted by atomic mass is 10.1. The van der Waals surface area contributed by atoms with Crippen molar-refractivity contribution in [1.29, 1.82) is 0 Å². The summed E-state index contributed by atoms with van der Waals surface area (Å²) >= 11 is 11.8. The Balaban J connectivity index is 2.18. The molecule has 0 radical (unpaired) electrons. The van der Waals surface area contributed by atoms with Crippen LogP contribution >= 0.6 is 23.2 Å². The molecule has 0 aromatic heterocycles. The van der Waals surface area contributed by atoms with Crippen LogP contribution < -0.4 is 4.74 Å². The van der Waals surface area contributed by atoms with Crippen LogP contribution in [0.3, 0.4) is 0 Å². The standard InChI is InChI=1S/C14H10Cl2O3/c15-10-7-4-8-11(16)13(10)19-14(18)12(17)9-5-2-1-3-6-9/h1-8,14,18H. The van der Waals surface area contributed by atoms with E-state index >= 15 is 0 Å². The van der Waals surface area contributed by atoms with E-state index in [0.29, 0.717) is 5.56 Å². The zero-order chi connectivity index (χ0) is 13.8. The first-order valence-corrected chi connectivity index (χ1v) is 6.23. The highest BCUT2D eigenvalue weighted by Gasteiger charge is 2.21. The molecule has 2 rings (SSSR count). The highest BCUT2D eigenvalue weighted by molar-refractivity contribution is 6.37. The summed E-state index contributed by atoms with van der Waals surface area (Å²) in [4.78, 5) is 11.9. The number of carbonyl (C=O) groups excluding carboxylic acids is 1. The van der Waals surface area contributed by atoms with Gasteiger partial charge in [0, 0.05) is 5.56 Å². The van der Waals surface area contributed by atoms with Crippen LogP contribution in [0.4, 0.5) is 0 Å². The minimum atomic E-state index is -1.65. The zero-order valence-electron chi connectivity index (χ0n) is 9.72. The molecule has 0 fully saturated rings. The van der Waals surface area contributed by atoms with E-state index < -0.39 is 12.1 Å². The van der Waals surface area contributed by atoms with Crippen LogP contribution in [-0.2, 0) is 0 Å². The fourth-order valence-electron chi connectivity index (χ4n) is 1.51. The fraction of sp³-hybridized carbons (Fsp3) is 0.0714. The Kier molecular flexibility index (Phi) is 4.43. The van der Waals surface area contributed by atoms with Gasteiger partial charge in [-0.3, -0.25) is 4.79 Å². The Morgan fingerprint density at radius 3 is 2.16 bits per heavy atom. The van der Waals surface area contributed by atoms with E-state index in [0.717, 1.165) is 0 Å². The van der Waals surface area contributed by atoms with E-state index in [4.69, 9.17) is 27.9 Å². The number of carbonyl (C=O) groups is 1. The Bertz CT molecular complexity index is 564. The molecule has 1 unspecified atom stereocenters. The smallest absolute Gasteiger partial charge is 0.262 e. The normalized spacial score (nSPS) is 11.9. The average Bonchev–Trinajstić information content (AvgIpc) is 2.43. The van der Waals surface area contributed by atoms with Crippen LogP contribution in [0.2, 0.25) is 10.0 Å². The topological polar surface area (TPSA) is 46.5 Å². The van der Waals surface area contributed by atoms with Gasteiger partial charge >= 0.3 is 0 Å². The molecule has 19 heavy (non-hydrogen) atoms.